The predicted octanol–water partition coefficient (Wildman–Crippen LogP) is 6.42. The Morgan fingerprint density at radius 2 is 1.61 bits per heavy atom. The molecule has 3 rings (SSSR count). The number of ether oxygens (including phenoxy) is 1. The molecule has 4 heteroatoms. The second kappa shape index (κ2) is 8.18. The molecule has 2 atom stereocenters. The highest BCUT2D eigenvalue weighted by molar-refractivity contribution is 5.17. The number of nitrogens with one attached hydrogen (secondary N) is 1. The second-order valence-corrected chi connectivity index (χ2v) is 10.9. The molecular weight excluding hydrogens is 356 g/mol. The van der Waals surface area contributed by atoms with Crippen LogP contribution in [0.1, 0.15) is 86.0 Å². The van der Waals surface area contributed by atoms with Crippen molar-refractivity contribution in [1.29, 1.82) is 0 Å². The van der Waals surface area contributed by atoms with Gasteiger partial charge in [-0.15, -0.1) is 0 Å². The lowest BCUT2D eigenvalue weighted by Gasteiger charge is -2.40. The smallest absolute Gasteiger partial charge is 0.251 e. The monoisotopic (exact) mass is 395 g/mol. The van der Waals surface area contributed by atoms with E-state index in [0.717, 1.165) is 45.1 Å². The molecule has 1 fully saturated rings. The summed E-state index contributed by atoms with van der Waals surface area (Å²) in [4.78, 5) is 0. The fraction of sp³-hybridized carbons (Fsp3) is 0.833. The van der Waals surface area contributed by atoms with Gasteiger partial charge in [-0.25, -0.2) is 8.78 Å². The van der Waals surface area contributed by atoms with E-state index in [2.05, 4.69) is 52.1 Å². The maximum Gasteiger partial charge on any atom is 0.251 e. The third kappa shape index (κ3) is 5.66. The Morgan fingerprint density at radius 1 is 0.964 bits per heavy atom. The van der Waals surface area contributed by atoms with Crippen LogP contribution in [0.2, 0.25) is 0 Å². The maximum absolute atomic E-state index is 13.0. The summed E-state index contributed by atoms with van der Waals surface area (Å²) in [5.74, 6) is -2.44. The number of rotatable bonds is 6. The van der Waals surface area contributed by atoms with Gasteiger partial charge in [0.15, 0.2) is 0 Å². The summed E-state index contributed by atoms with van der Waals surface area (Å²) in [6, 6.07) is 0.351. The molecule has 0 spiro atoms. The zero-order chi connectivity index (χ0) is 20.6. The number of alkyl halides is 2. The molecule has 0 aliphatic heterocycles. The molecule has 0 saturated heterocycles. The summed E-state index contributed by atoms with van der Waals surface area (Å²) in [6.45, 7) is 12.2. The van der Waals surface area contributed by atoms with Crippen molar-refractivity contribution in [2.24, 2.45) is 10.8 Å². The quantitative estimate of drug-likeness (QED) is 0.524. The summed E-state index contributed by atoms with van der Waals surface area (Å²) in [7, 11) is 0. The Morgan fingerprint density at radius 3 is 2.11 bits per heavy atom. The summed E-state index contributed by atoms with van der Waals surface area (Å²) < 4.78 is 32.3. The molecule has 3 aliphatic carbocycles. The lowest BCUT2D eigenvalue weighted by Crippen LogP contribution is -2.52. The van der Waals surface area contributed by atoms with Crippen molar-refractivity contribution in [2.45, 2.75) is 110 Å². The Kier molecular flexibility index (Phi) is 6.41. The summed E-state index contributed by atoms with van der Waals surface area (Å²) >= 11 is 0. The summed E-state index contributed by atoms with van der Waals surface area (Å²) in [6.07, 6.45) is 11.4. The molecule has 0 aromatic carbocycles. The minimum absolute atomic E-state index is 0.00337. The zero-order valence-electron chi connectivity index (χ0n) is 18.4. The third-order valence-electron chi connectivity index (χ3n) is 6.85. The van der Waals surface area contributed by atoms with E-state index < -0.39 is 5.92 Å². The average molecular weight is 396 g/mol. The van der Waals surface area contributed by atoms with Gasteiger partial charge >= 0.3 is 0 Å². The molecule has 28 heavy (non-hydrogen) atoms. The van der Waals surface area contributed by atoms with Gasteiger partial charge in [0.25, 0.3) is 5.92 Å². The molecule has 2 nitrogen and oxygen atoms in total. The van der Waals surface area contributed by atoms with Gasteiger partial charge in [0, 0.05) is 30.3 Å². The van der Waals surface area contributed by atoms with Gasteiger partial charge in [0.2, 0.25) is 0 Å². The lowest BCUT2D eigenvalue weighted by atomic mass is 9.77. The summed E-state index contributed by atoms with van der Waals surface area (Å²) in [5, 5.41) is 3.42. The van der Waals surface area contributed by atoms with Crippen LogP contribution in [0, 0.1) is 10.8 Å². The maximum atomic E-state index is 13.0. The number of allylic oxidation sites excluding steroid dienone is 1. The summed E-state index contributed by atoms with van der Waals surface area (Å²) in [5.41, 5.74) is 3.34. The van der Waals surface area contributed by atoms with E-state index in [4.69, 9.17) is 4.74 Å². The van der Waals surface area contributed by atoms with Crippen LogP contribution in [0.5, 0.6) is 0 Å². The van der Waals surface area contributed by atoms with E-state index in [0.29, 0.717) is 12.1 Å². The zero-order valence-corrected chi connectivity index (χ0v) is 18.4. The predicted molar refractivity (Wildman–Crippen MR) is 112 cm³/mol. The Bertz CT molecular complexity index is 607. The Hall–Kier alpha value is -0.740. The van der Waals surface area contributed by atoms with Gasteiger partial charge in [-0.2, -0.15) is 0 Å². The van der Waals surface area contributed by atoms with Gasteiger partial charge in [-0.05, 0) is 43.9 Å². The first kappa shape index (κ1) is 22.0. The first-order valence-corrected chi connectivity index (χ1v) is 11.1. The van der Waals surface area contributed by atoms with E-state index in [1.165, 1.54) is 5.57 Å². The van der Waals surface area contributed by atoms with Gasteiger partial charge < -0.3 is 10.1 Å². The largest absolute Gasteiger partial charge is 0.377 e. The Labute approximate surface area is 170 Å². The van der Waals surface area contributed by atoms with E-state index in [1.54, 1.807) is 5.57 Å². The van der Waals surface area contributed by atoms with Gasteiger partial charge in [-0.1, -0.05) is 57.9 Å². The highest BCUT2D eigenvalue weighted by Gasteiger charge is 2.45. The highest BCUT2D eigenvalue weighted by atomic mass is 19.3. The normalized spacial score (nSPS) is 29.1. The molecule has 0 bridgehead atoms. The van der Waals surface area contributed by atoms with Crippen LogP contribution >= 0.6 is 0 Å². The van der Waals surface area contributed by atoms with Gasteiger partial charge in [0.1, 0.15) is 0 Å². The fourth-order valence-corrected chi connectivity index (χ4v) is 4.77. The van der Waals surface area contributed by atoms with Crippen molar-refractivity contribution in [3.63, 3.8) is 0 Å². The molecule has 3 aliphatic rings. The molecule has 0 amide bonds. The first-order chi connectivity index (χ1) is 12.9. The van der Waals surface area contributed by atoms with Crippen LogP contribution in [0.15, 0.2) is 23.3 Å². The minimum Gasteiger partial charge on any atom is -0.377 e. The van der Waals surface area contributed by atoms with Crippen molar-refractivity contribution >= 4 is 0 Å². The van der Waals surface area contributed by atoms with Gasteiger partial charge in [-0.3, -0.25) is 0 Å². The molecule has 1 N–H and O–H groups in total. The second-order valence-electron chi connectivity index (χ2n) is 10.9. The van der Waals surface area contributed by atoms with E-state index in [-0.39, 0.29) is 29.7 Å². The van der Waals surface area contributed by atoms with Crippen molar-refractivity contribution in [1.82, 2.24) is 5.32 Å². The van der Waals surface area contributed by atoms with Crippen molar-refractivity contribution in [2.75, 3.05) is 6.61 Å². The minimum atomic E-state index is -2.44. The van der Waals surface area contributed by atoms with Crippen molar-refractivity contribution in [3.05, 3.63) is 23.3 Å². The van der Waals surface area contributed by atoms with Crippen LogP contribution in [-0.4, -0.2) is 30.7 Å². The molecule has 0 aromatic rings. The number of hydrogen-bond acceptors (Lipinski definition) is 2. The SMILES string of the molecule is CC(C)(C)C1=CCC(OCC(C)(C)C2=CCC(NC3CC(F)(F)C3)CC2)CC1. The topological polar surface area (TPSA) is 21.3 Å². The van der Waals surface area contributed by atoms with Gasteiger partial charge in [0.05, 0.1) is 12.7 Å². The average Bonchev–Trinajstić information content (AvgIpc) is 2.59. The van der Waals surface area contributed by atoms with Crippen molar-refractivity contribution in [3.8, 4) is 0 Å². The van der Waals surface area contributed by atoms with Crippen LogP contribution < -0.4 is 5.32 Å². The van der Waals surface area contributed by atoms with Crippen LogP contribution in [0.3, 0.4) is 0 Å². The van der Waals surface area contributed by atoms with E-state index >= 15 is 0 Å². The molecular formula is C24H39F2NO. The van der Waals surface area contributed by atoms with Crippen LogP contribution in [-0.2, 0) is 4.74 Å². The van der Waals surface area contributed by atoms with E-state index in [1.807, 2.05) is 0 Å². The van der Waals surface area contributed by atoms with Crippen molar-refractivity contribution < 1.29 is 13.5 Å². The standard InChI is InChI=1S/C24H39F2NO/c1-22(2,3)17-8-12-21(13-9-17)28-16-23(4,5)18-6-10-19(11-7-18)27-20-14-24(25,26)15-20/h6,8,19-21,27H,7,9-16H2,1-5H3. The number of hydrogen-bond donors (Lipinski definition) is 1. The molecule has 0 aromatic heterocycles. The van der Waals surface area contributed by atoms with E-state index in [9.17, 15) is 8.78 Å². The molecule has 160 valence electrons. The fourth-order valence-electron chi connectivity index (χ4n) is 4.77. The Balaban J connectivity index is 1.43. The highest BCUT2D eigenvalue weighted by Crippen LogP contribution is 2.40. The lowest BCUT2D eigenvalue weighted by molar-refractivity contribution is -0.0949. The van der Waals surface area contributed by atoms with Crippen LogP contribution in [0.4, 0.5) is 8.78 Å². The molecule has 2 unspecified atom stereocenters. The third-order valence-corrected chi connectivity index (χ3v) is 6.85. The first-order valence-electron chi connectivity index (χ1n) is 11.1. The molecule has 1 saturated carbocycles. The molecule has 0 heterocycles. The number of halogens is 2. The molecule has 0 radical (unpaired) electrons. The van der Waals surface area contributed by atoms with Crippen LogP contribution in [0.25, 0.3) is 0 Å².